The number of carbonyl (C=O) groups is 1. The largest absolute Gasteiger partial charge is 0.357 e. The van der Waals surface area contributed by atoms with Crippen LogP contribution in [0.15, 0.2) is 4.99 Å². The Bertz CT molecular complexity index is 474. The average molecular weight is 508 g/mol. The van der Waals surface area contributed by atoms with Crippen molar-refractivity contribution in [1.29, 1.82) is 0 Å². The minimum atomic E-state index is 0. The quantitative estimate of drug-likeness (QED) is 0.206. The van der Waals surface area contributed by atoms with Crippen molar-refractivity contribution in [2.75, 3.05) is 39.3 Å². The number of hydrogen-bond acceptors (Lipinski definition) is 3. The van der Waals surface area contributed by atoms with E-state index < -0.39 is 0 Å². The van der Waals surface area contributed by atoms with Crippen LogP contribution in [-0.4, -0.2) is 73.0 Å². The molecule has 2 atom stereocenters. The number of likely N-dealkylation sites (tertiary alicyclic amines) is 2. The first-order chi connectivity index (χ1) is 13.2. The number of halogens is 1. The van der Waals surface area contributed by atoms with Gasteiger partial charge in [-0.15, -0.1) is 24.0 Å². The van der Waals surface area contributed by atoms with Crippen molar-refractivity contribution in [3.63, 3.8) is 0 Å². The Morgan fingerprint density at radius 2 is 2.04 bits per heavy atom. The molecular formula is C21H42IN5O. The van der Waals surface area contributed by atoms with Gasteiger partial charge in [0.2, 0.25) is 5.91 Å². The van der Waals surface area contributed by atoms with E-state index in [-0.39, 0.29) is 24.0 Å². The highest BCUT2D eigenvalue weighted by molar-refractivity contribution is 14.0. The zero-order valence-corrected chi connectivity index (χ0v) is 20.5. The predicted molar refractivity (Wildman–Crippen MR) is 129 cm³/mol. The van der Waals surface area contributed by atoms with Gasteiger partial charge in [0.15, 0.2) is 5.96 Å². The zero-order chi connectivity index (χ0) is 19.5. The maximum Gasteiger partial charge on any atom is 0.222 e. The van der Waals surface area contributed by atoms with E-state index in [1.807, 2.05) is 0 Å². The van der Waals surface area contributed by atoms with E-state index in [4.69, 9.17) is 4.99 Å². The van der Waals surface area contributed by atoms with E-state index in [0.29, 0.717) is 11.9 Å². The molecule has 28 heavy (non-hydrogen) atoms. The lowest BCUT2D eigenvalue weighted by Crippen LogP contribution is -2.42. The Labute approximate surface area is 189 Å². The van der Waals surface area contributed by atoms with Gasteiger partial charge in [-0.3, -0.25) is 9.79 Å². The molecule has 0 saturated carbocycles. The molecule has 2 aliphatic heterocycles. The highest BCUT2D eigenvalue weighted by Gasteiger charge is 2.26. The fourth-order valence-corrected chi connectivity index (χ4v) is 4.29. The Balaban J connectivity index is 0.00000392. The maximum atomic E-state index is 12.0. The van der Waals surface area contributed by atoms with E-state index in [1.54, 1.807) is 0 Å². The van der Waals surface area contributed by atoms with Crippen LogP contribution in [0, 0.1) is 0 Å². The molecule has 2 heterocycles. The lowest BCUT2D eigenvalue weighted by Gasteiger charge is -2.33. The summed E-state index contributed by atoms with van der Waals surface area (Å²) in [6.07, 6.45) is 8.92. The Hall–Kier alpha value is -0.570. The van der Waals surface area contributed by atoms with Gasteiger partial charge in [0.1, 0.15) is 0 Å². The van der Waals surface area contributed by atoms with Crippen LogP contribution in [0.25, 0.3) is 0 Å². The Morgan fingerprint density at radius 1 is 1.21 bits per heavy atom. The topological polar surface area (TPSA) is 60.0 Å². The van der Waals surface area contributed by atoms with E-state index in [9.17, 15) is 4.79 Å². The molecule has 2 fully saturated rings. The van der Waals surface area contributed by atoms with Crippen molar-refractivity contribution in [2.24, 2.45) is 4.99 Å². The van der Waals surface area contributed by atoms with E-state index >= 15 is 0 Å². The highest BCUT2D eigenvalue weighted by Crippen LogP contribution is 2.18. The Kier molecular flexibility index (Phi) is 13.1. The van der Waals surface area contributed by atoms with Gasteiger partial charge in [-0.25, -0.2) is 0 Å². The summed E-state index contributed by atoms with van der Waals surface area (Å²) >= 11 is 0. The molecule has 0 radical (unpaired) electrons. The third kappa shape index (κ3) is 8.43. The summed E-state index contributed by atoms with van der Waals surface area (Å²) in [6.45, 7) is 12.6. The number of guanidine groups is 1. The van der Waals surface area contributed by atoms with Crippen LogP contribution < -0.4 is 10.6 Å². The van der Waals surface area contributed by atoms with Gasteiger partial charge in [0, 0.05) is 51.2 Å². The SMILES string of the molecule is CCNC(=NCCCN1CCCCC1C)NCCC(CC)N1CCCC1=O.I. The summed E-state index contributed by atoms with van der Waals surface area (Å²) in [6, 6.07) is 1.09. The molecule has 2 aliphatic rings. The van der Waals surface area contributed by atoms with Crippen LogP contribution >= 0.6 is 24.0 Å². The van der Waals surface area contributed by atoms with Crippen LogP contribution in [0.3, 0.4) is 0 Å². The second kappa shape index (κ2) is 14.4. The van der Waals surface area contributed by atoms with Crippen molar-refractivity contribution in [3.8, 4) is 0 Å². The first kappa shape index (κ1) is 25.5. The number of nitrogens with zero attached hydrogens (tertiary/aromatic N) is 3. The summed E-state index contributed by atoms with van der Waals surface area (Å²) in [7, 11) is 0. The number of rotatable bonds is 10. The van der Waals surface area contributed by atoms with Crippen LogP contribution in [0.4, 0.5) is 0 Å². The number of piperidine rings is 1. The molecule has 0 aliphatic carbocycles. The Morgan fingerprint density at radius 3 is 2.68 bits per heavy atom. The molecule has 7 heteroatoms. The van der Waals surface area contributed by atoms with Gasteiger partial charge in [-0.05, 0) is 58.9 Å². The van der Waals surface area contributed by atoms with Crippen molar-refractivity contribution < 1.29 is 4.79 Å². The molecule has 2 N–H and O–H groups in total. The summed E-state index contributed by atoms with van der Waals surface area (Å²) in [4.78, 5) is 21.4. The minimum Gasteiger partial charge on any atom is -0.357 e. The van der Waals surface area contributed by atoms with E-state index in [0.717, 1.165) is 76.8 Å². The molecule has 0 bridgehead atoms. The van der Waals surface area contributed by atoms with E-state index in [2.05, 4.69) is 41.2 Å². The lowest BCUT2D eigenvalue weighted by molar-refractivity contribution is -0.129. The molecule has 0 spiro atoms. The molecular weight excluding hydrogens is 465 g/mol. The summed E-state index contributed by atoms with van der Waals surface area (Å²) in [5.74, 6) is 1.24. The summed E-state index contributed by atoms with van der Waals surface area (Å²) < 4.78 is 0. The third-order valence-corrected chi connectivity index (χ3v) is 5.95. The first-order valence-electron chi connectivity index (χ1n) is 11.2. The second-order valence-corrected chi connectivity index (χ2v) is 7.96. The maximum absolute atomic E-state index is 12.0. The molecule has 0 aromatic rings. The number of carbonyl (C=O) groups excluding carboxylic acids is 1. The van der Waals surface area contributed by atoms with Crippen molar-refractivity contribution >= 4 is 35.8 Å². The number of amides is 1. The van der Waals surface area contributed by atoms with Gasteiger partial charge in [-0.2, -0.15) is 0 Å². The van der Waals surface area contributed by atoms with Crippen LogP contribution in [0.2, 0.25) is 0 Å². The number of hydrogen-bond donors (Lipinski definition) is 2. The standard InChI is InChI=1S/C21H41N5O.HI/c1-4-19(26-17-8-11-20(26)27)12-14-24-21(22-5-2)23-13-9-16-25-15-7-6-10-18(25)3;/h18-19H,4-17H2,1-3H3,(H2,22,23,24);1H. The second-order valence-electron chi connectivity index (χ2n) is 7.96. The number of nitrogens with one attached hydrogen (secondary N) is 2. The van der Waals surface area contributed by atoms with Crippen molar-refractivity contribution in [2.45, 2.75) is 84.2 Å². The van der Waals surface area contributed by atoms with Gasteiger partial charge >= 0.3 is 0 Å². The monoisotopic (exact) mass is 507 g/mol. The summed E-state index contributed by atoms with van der Waals surface area (Å²) in [5.41, 5.74) is 0. The van der Waals surface area contributed by atoms with Crippen LogP contribution in [-0.2, 0) is 4.79 Å². The van der Waals surface area contributed by atoms with Crippen molar-refractivity contribution in [1.82, 2.24) is 20.4 Å². The molecule has 164 valence electrons. The molecule has 0 aromatic carbocycles. The third-order valence-electron chi connectivity index (χ3n) is 5.95. The molecule has 2 saturated heterocycles. The van der Waals surface area contributed by atoms with Crippen molar-refractivity contribution in [3.05, 3.63) is 0 Å². The smallest absolute Gasteiger partial charge is 0.222 e. The van der Waals surface area contributed by atoms with Crippen LogP contribution in [0.5, 0.6) is 0 Å². The van der Waals surface area contributed by atoms with Crippen LogP contribution in [0.1, 0.15) is 72.1 Å². The normalized spacial score (nSPS) is 22.1. The fraction of sp³-hybridized carbons (Fsp3) is 0.905. The molecule has 6 nitrogen and oxygen atoms in total. The first-order valence-corrected chi connectivity index (χ1v) is 11.2. The molecule has 1 amide bonds. The van der Waals surface area contributed by atoms with Gasteiger partial charge in [0.05, 0.1) is 0 Å². The molecule has 2 rings (SSSR count). The molecule has 2 unspecified atom stereocenters. The number of aliphatic imine (C=N–C) groups is 1. The highest BCUT2D eigenvalue weighted by atomic mass is 127. The average Bonchev–Trinajstić information content (AvgIpc) is 3.09. The van der Waals surface area contributed by atoms with E-state index in [1.165, 1.54) is 25.8 Å². The molecule has 0 aromatic heterocycles. The lowest BCUT2D eigenvalue weighted by atomic mass is 10.0. The van der Waals surface area contributed by atoms with Gasteiger partial charge in [-0.1, -0.05) is 13.3 Å². The summed E-state index contributed by atoms with van der Waals surface area (Å²) in [5, 5.41) is 6.80. The van der Waals surface area contributed by atoms with Gasteiger partial charge in [0.25, 0.3) is 0 Å². The predicted octanol–water partition coefficient (Wildman–Crippen LogP) is 3.22. The fourth-order valence-electron chi connectivity index (χ4n) is 4.29. The van der Waals surface area contributed by atoms with Gasteiger partial charge < -0.3 is 20.4 Å². The zero-order valence-electron chi connectivity index (χ0n) is 18.2. The minimum absolute atomic E-state index is 0.